The fourth-order valence-electron chi connectivity index (χ4n) is 1.49. The van der Waals surface area contributed by atoms with Crippen molar-refractivity contribution in [3.05, 3.63) is 55.1 Å². The van der Waals surface area contributed by atoms with E-state index in [0.717, 1.165) is 15.9 Å². The SMILES string of the molecule is Cc1nn2c(=O)/c(=C/c3ccco3)sc2nc1=O. The van der Waals surface area contributed by atoms with Crippen molar-refractivity contribution in [3.63, 3.8) is 0 Å². The van der Waals surface area contributed by atoms with E-state index < -0.39 is 5.56 Å². The Morgan fingerprint density at radius 3 is 3.00 bits per heavy atom. The Morgan fingerprint density at radius 2 is 2.28 bits per heavy atom. The molecule has 0 saturated carbocycles. The minimum absolute atomic E-state index is 0.201. The Balaban J connectivity index is 2.37. The van der Waals surface area contributed by atoms with Crippen LogP contribution >= 0.6 is 11.3 Å². The van der Waals surface area contributed by atoms with Gasteiger partial charge in [0, 0.05) is 6.08 Å². The third kappa shape index (κ3) is 1.65. The summed E-state index contributed by atoms with van der Waals surface area (Å²) in [5.41, 5.74) is -0.519. The molecule has 0 atom stereocenters. The molecule has 0 fully saturated rings. The molecule has 0 aliphatic rings. The number of hydrogen-bond donors (Lipinski definition) is 0. The van der Waals surface area contributed by atoms with Crippen LogP contribution in [0.3, 0.4) is 0 Å². The molecule has 90 valence electrons. The molecule has 0 spiro atoms. The topological polar surface area (TPSA) is 77.5 Å². The molecule has 3 heterocycles. The molecule has 7 heteroatoms. The Morgan fingerprint density at radius 1 is 1.44 bits per heavy atom. The van der Waals surface area contributed by atoms with Gasteiger partial charge in [0.25, 0.3) is 11.1 Å². The van der Waals surface area contributed by atoms with E-state index >= 15 is 0 Å². The van der Waals surface area contributed by atoms with E-state index in [1.165, 1.54) is 13.2 Å². The van der Waals surface area contributed by atoms with Gasteiger partial charge in [0.1, 0.15) is 16.0 Å². The lowest BCUT2D eigenvalue weighted by Gasteiger charge is -1.89. The molecule has 0 amide bonds. The van der Waals surface area contributed by atoms with Gasteiger partial charge in [0.15, 0.2) is 0 Å². The third-order valence-electron chi connectivity index (χ3n) is 2.36. The maximum atomic E-state index is 12.0. The summed E-state index contributed by atoms with van der Waals surface area (Å²) in [7, 11) is 0. The van der Waals surface area contributed by atoms with Crippen molar-refractivity contribution in [3.8, 4) is 0 Å². The zero-order chi connectivity index (χ0) is 12.7. The summed E-state index contributed by atoms with van der Waals surface area (Å²) in [6, 6.07) is 3.47. The average molecular weight is 261 g/mol. The second-order valence-electron chi connectivity index (χ2n) is 3.63. The third-order valence-corrected chi connectivity index (χ3v) is 3.32. The maximum Gasteiger partial charge on any atom is 0.295 e. The zero-order valence-corrected chi connectivity index (χ0v) is 10.1. The molecule has 0 radical (unpaired) electrons. The van der Waals surface area contributed by atoms with E-state index in [2.05, 4.69) is 10.1 Å². The summed E-state index contributed by atoms with van der Waals surface area (Å²) in [5, 5.41) is 3.91. The van der Waals surface area contributed by atoms with Crippen LogP contribution in [0.25, 0.3) is 11.0 Å². The van der Waals surface area contributed by atoms with Gasteiger partial charge in [0.2, 0.25) is 4.96 Å². The van der Waals surface area contributed by atoms with Crippen LogP contribution in [0.4, 0.5) is 0 Å². The lowest BCUT2D eigenvalue weighted by molar-refractivity contribution is 0.556. The number of hydrogen-bond acceptors (Lipinski definition) is 6. The first kappa shape index (κ1) is 10.8. The fraction of sp³-hybridized carbons (Fsp3) is 0.0909. The molecular weight excluding hydrogens is 254 g/mol. The highest BCUT2D eigenvalue weighted by Crippen LogP contribution is 2.01. The van der Waals surface area contributed by atoms with E-state index in [1.807, 2.05) is 0 Å². The molecule has 0 aliphatic heterocycles. The molecule has 0 aromatic carbocycles. The van der Waals surface area contributed by atoms with Crippen LogP contribution in [-0.2, 0) is 0 Å². The lowest BCUT2D eigenvalue weighted by Crippen LogP contribution is -2.26. The van der Waals surface area contributed by atoms with Crippen molar-refractivity contribution in [2.45, 2.75) is 6.92 Å². The van der Waals surface area contributed by atoms with Crippen LogP contribution in [0.5, 0.6) is 0 Å². The lowest BCUT2D eigenvalue weighted by atomic mass is 10.4. The monoisotopic (exact) mass is 261 g/mol. The summed E-state index contributed by atoms with van der Waals surface area (Å²) >= 11 is 1.11. The van der Waals surface area contributed by atoms with Crippen LogP contribution in [0.2, 0.25) is 0 Å². The van der Waals surface area contributed by atoms with Crippen molar-refractivity contribution >= 4 is 22.4 Å². The second kappa shape index (κ2) is 3.88. The molecule has 3 aromatic heterocycles. The molecule has 0 aliphatic carbocycles. The average Bonchev–Trinajstić information content (AvgIpc) is 2.93. The Bertz CT molecular complexity index is 877. The molecule has 0 saturated heterocycles. The van der Waals surface area contributed by atoms with Gasteiger partial charge in [0.05, 0.1) is 6.26 Å². The van der Waals surface area contributed by atoms with Crippen molar-refractivity contribution in [2.24, 2.45) is 0 Å². The highest BCUT2D eigenvalue weighted by molar-refractivity contribution is 7.15. The molecule has 18 heavy (non-hydrogen) atoms. The van der Waals surface area contributed by atoms with Gasteiger partial charge in [-0.2, -0.15) is 14.6 Å². The van der Waals surface area contributed by atoms with Crippen LogP contribution in [0.1, 0.15) is 11.5 Å². The Labute approximate surface area is 104 Å². The first-order valence-electron chi connectivity index (χ1n) is 5.11. The summed E-state index contributed by atoms with van der Waals surface area (Å²) in [4.78, 5) is 27.5. The van der Waals surface area contributed by atoms with Gasteiger partial charge in [-0.05, 0) is 19.1 Å². The molecular formula is C11H7N3O3S. The molecule has 3 rings (SSSR count). The molecule has 0 bridgehead atoms. The largest absolute Gasteiger partial charge is 0.465 e. The van der Waals surface area contributed by atoms with Crippen LogP contribution in [0, 0.1) is 6.92 Å². The van der Waals surface area contributed by atoms with Crippen molar-refractivity contribution in [2.75, 3.05) is 0 Å². The summed E-state index contributed by atoms with van der Waals surface area (Å²) in [5.74, 6) is 0.568. The van der Waals surface area contributed by atoms with Gasteiger partial charge in [-0.15, -0.1) is 0 Å². The standard InChI is InChI=1S/C11H7N3O3S/c1-6-9(15)12-11-14(13-6)10(16)8(18-11)5-7-3-2-4-17-7/h2-5H,1H3/b8-5-. The van der Waals surface area contributed by atoms with Gasteiger partial charge < -0.3 is 4.42 Å². The quantitative estimate of drug-likeness (QED) is 0.614. The molecule has 3 aromatic rings. The number of aryl methyl sites for hydroxylation is 1. The number of nitrogens with zero attached hydrogens (tertiary/aromatic N) is 3. The van der Waals surface area contributed by atoms with Gasteiger partial charge in [-0.1, -0.05) is 11.3 Å². The predicted molar refractivity (Wildman–Crippen MR) is 65.6 cm³/mol. The van der Waals surface area contributed by atoms with Crippen molar-refractivity contribution < 1.29 is 4.42 Å². The number of rotatable bonds is 1. The summed E-state index contributed by atoms with van der Waals surface area (Å²) in [6.45, 7) is 1.52. The van der Waals surface area contributed by atoms with Crippen LogP contribution in [-0.4, -0.2) is 14.6 Å². The van der Waals surface area contributed by atoms with E-state index in [0.29, 0.717) is 10.3 Å². The normalized spacial score (nSPS) is 12.4. The van der Waals surface area contributed by atoms with Crippen molar-refractivity contribution in [1.29, 1.82) is 0 Å². The number of fused-ring (bicyclic) bond motifs is 1. The Kier molecular flexibility index (Phi) is 2.34. The van der Waals surface area contributed by atoms with E-state index in [4.69, 9.17) is 4.42 Å². The van der Waals surface area contributed by atoms with E-state index in [1.54, 1.807) is 18.2 Å². The minimum atomic E-state index is -0.416. The van der Waals surface area contributed by atoms with Gasteiger partial charge in [-0.3, -0.25) is 9.59 Å². The maximum absolute atomic E-state index is 12.0. The summed E-state index contributed by atoms with van der Waals surface area (Å²) < 4.78 is 6.70. The Hall–Kier alpha value is -2.28. The minimum Gasteiger partial charge on any atom is -0.465 e. The van der Waals surface area contributed by atoms with E-state index in [9.17, 15) is 9.59 Å². The number of furan rings is 1. The fourth-order valence-corrected chi connectivity index (χ4v) is 2.37. The number of thiazole rings is 1. The van der Waals surface area contributed by atoms with Crippen molar-refractivity contribution in [1.82, 2.24) is 14.6 Å². The van der Waals surface area contributed by atoms with E-state index in [-0.39, 0.29) is 16.2 Å². The summed E-state index contributed by atoms with van der Waals surface area (Å²) in [6.07, 6.45) is 3.12. The highest BCUT2D eigenvalue weighted by Gasteiger charge is 2.08. The molecule has 6 nitrogen and oxygen atoms in total. The van der Waals surface area contributed by atoms with Crippen LogP contribution in [0.15, 0.2) is 32.4 Å². The first-order valence-corrected chi connectivity index (χ1v) is 5.92. The molecule has 0 N–H and O–H groups in total. The molecule has 0 unspecified atom stereocenters. The van der Waals surface area contributed by atoms with Crippen LogP contribution < -0.4 is 15.7 Å². The first-order chi connectivity index (χ1) is 8.65. The van der Waals surface area contributed by atoms with Gasteiger partial charge >= 0.3 is 0 Å². The number of aromatic nitrogens is 3. The second-order valence-corrected chi connectivity index (χ2v) is 4.64. The zero-order valence-electron chi connectivity index (χ0n) is 9.28. The van der Waals surface area contributed by atoms with Gasteiger partial charge in [-0.25, -0.2) is 0 Å². The smallest absolute Gasteiger partial charge is 0.295 e. The highest BCUT2D eigenvalue weighted by atomic mass is 32.1. The predicted octanol–water partition coefficient (Wildman–Crippen LogP) is -0.0397.